The van der Waals surface area contributed by atoms with Gasteiger partial charge in [-0.05, 0) is 25.2 Å². The van der Waals surface area contributed by atoms with E-state index in [4.69, 9.17) is 4.74 Å². The van der Waals surface area contributed by atoms with E-state index in [0.717, 1.165) is 43.8 Å². The fourth-order valence-corrected chi connectivity index (χ4v) is 3.90. The van der Waals surface area contributed by atoms with E-state index >= 15 is 0 Å². The predicted octanol–water partition coefficient (Wildman–Crippen LogP) is -1.60. The number of hydrogen-bond donors (Lipinski definition) is 3. The van der Waals surface area contributed by atoms with Gasteiger partial charge in [-0.3, -0.25) is 4.79 Å². The molecule has 1 aromatic rings. The molecule has 0 bridgehead atoms. The number of nitrogens with zero attached hydrogens (tertiary/aromatic N) is 2. The van der Waals surface area contributed by atoms with Gasteiger partial charge < -0.3 is 30.1 Å². The summed E-state index contributed by atoms with van der Waals surface area (Å²) in [5.74, 6) is 0. The summed E-state index contributed by atoms with van der Waals surface area (Å²) >= 11 is 0. The van der Waals surface area contributed by atoms with Crippen LogP contribution in [0.1, 0.15) is 23.2 Å². The zero-order chi connectivity index (χ0) is 18.9. The molecule has 3 N–H and O–H groups in total. The number of carbonyl (C=O) groups is 1. The largest absolute Gasteiger partial charge is 0.381 e. The second-order valence-corrected chi connectivity index (χ2v) is 7.88. The number of nitrogens with one attached hydrogen (secondary N) is 1. The molecule has 2 atom stereocenters. The molecule has 2 aliphatic rings. The number of ether oxygens (including phenoxy) is 1. The Labute approximate surface area is 156 Å². The normalized spacial score (nSPS) is 33.0. The van der Waals surface area contributed by atoms with Crippen LogP contribution in [0.2, 0.25) is 0 Å². The van der Waals surface area contributed by atoms with Crippen LogP contribution in [0.15, 0.2) is 18.2 Å². The van der Waals surface area contributed by atoms with Crippen LogP contribution < -0.4 is 10.2 Å². The summed E-state index contributed by atoms with van der Waals surface area (Å²) in [6.07, 6.45) is 1.46. The van der Waals surface area contributed by atoms with Crippen LogP contribution in [0.25, 0.3) is 0 Å². The van der Waals surface area contributed by atoms with E-state index in [1.54, 1.807) is 0 Å². The molecule has 2 aliphatic heterocycles. The van der Waals surface area contributed by atoms with Crippen molar-refractivity contribution >= 4 is 33.4 Å². The molecule has 0 spiro atoms. The minimum absolute atomic E-state index is 0.213. The summed E-state index contributed by atoms with van der Waals surface area (Å²) in [5, 5.41) is 23.9. The van der Waals surface area contributed by atoms with Crippen molar-refractivity contribution in [2.24, 2.45) is 0 Å². The number of aliphatic hydroxyl groups is 2. The molecule has 0 radical (unpaired) electrons. The van der Waals surface area contributed by atoms with Crippen LogP contribution in [0.5, 0.6) is 0 Å². The highest BCUT2D eigenvalue weighted by molar-refractivity contribution is 6.16. The molecule has 140 valence electrons. The summed E-state index contributed by atoms with van der Waals surface area (Å²) in [4.78, 5) is 16.1. The second-order valence-electron chi connectivity index (χ2n) is 7.88. The molecule has 0 saturated carbocycles. The highest BCUT2D eigenvalue weighted by Gasteiger charge is 2.42. The molecule has 26 heavy (non-hydrogen) atoms. The highest BCUT2D eigenvalue weighted by atomic mass is 16.7. The average Bonchev–Trinajstić information content (AvgIpc) is 2.52. The topological polar surface area (TPSA) is 85.3 Å². The first kappa shape index (κ1) is 19.2. The van der Waals surface area contributed by atoms with E-state index in [9.17, 15) is 15.0 Å². The van der Waals surface area contributed by atoms with E-state index in [-0.39, 0.29) is 6.04 Å². The maximum Gasteiger partial charge on any atom is 0.178 e. The Morgan fingerprint density at radius 3 is 2.38 bits per heavy atom. The number of rotatable bonds is 4. The van der Waals surface area contributed by atoms with Crippen molar-refractivity contribution in [3.05, 3.63) is 23.8 Å². The fourth-order valence-electron chi connectivity index (χ4n) is 3.90. The van der Waals surface area contributed by atoms with Crippen molar-refractivity contribution in [2.45, 2.75) is 30.3 Å². The molecule has 2 unspecified atom stereocenters. The molecule has 2 heterocycles. The minimum atomic E-state index is -1.42. The second kappa shape index (κ2) is 7.23. The zero-order valence-electron chi connectivity index (χ0n) is 15.7. The van der Waals surface area contributed by atoms with Gasteiger partial charge in [0.15, 0.2) is 22.0 Å². The SMILES string of the molecule is BC1(O)CC(Nc2cc(N3CCN(C)CC3)ccc2C=O)CC(B)(O)O1. The van der Waals surface area contributed by atoms with Crippen molar-refractivity contribution in [3.63, 3.8) is 0 Å². The summed E-state index contributed by atoms with van der Waals surface area (Å²) in [7, 11) is 5.19. The van der Waals surface area contributed by atoms with Gasteiger partial charge in [0, 0.05) is 62.0 Å². The third kappa shape index (κ3) is 4.59. The van der Waals surface area contributed by atoms with E-state index in [2.05, 4.69) is 22.2 Å². The van der Waals surface area contributed by atoms with Crippen molar-refractivity contribution in [3.8, 4) is 0 Å². The quantitative estimate of drug-likeness (QED) is 0.441. The monoisotopic (exact) mass is 359 g/mol. The van der Waals surface area contributed by atoms with E-state index in [1.165, 1.54) is 15.7 Å². The summed E-state index contributed by atoms with van der Waals surface area (Å²) < 4.78 is 5.30. The predicted molar refractivity (Wildman–Crippen MR) is 106 cm³/mol. The van der Waals surface area contributed by atoms with Crippen LogP contribution in [0.4, 0.5) is 11.4 Å². The highest BCUT2D eigenvalue weighted by Crippen LogP contribution is 2.32. The Kier molecular flexibility index (Phi) is 5.35. The molecule has 1 aromatic carbocycles. The Morgan fingerprint density at radius 2 is 1.81 bits per heavy atom. The standard InChI is InChI=1S/C17H27B2N3O4/c1-21-4-6-22(7-5-21)14-3-2-12(11-23)15(8-14)20-13-9-16(18,24)26-17(19,25)10-13/h2-3,8,11,13,20,24-25H,4-7,9-10,18-19H2,1H3. The third-order valence-electron chi connectivity index (χ3n) is 5.08. The number of carbonyl (C=O) groups excluding carboxylic acids is 1. The fraction of sp³-hybridized carbons (Fsp3) is 0.588. The van der Waals surface area contributed by atoms with Gasteiger partial charge in [0.25, 0.3) is 0 Å². The Morgan fingerprint density at radius 1 is 1.19 bits per heavy atom. The van der Waals surface area contributed by atoms with Crippen LogP contribution in [0, 0.1) is 0 Å². The first-order valence-corrected chi connectivity index (χ1v) is 9.12. The number of aldehydes is 1. The van der Waals surface area contributed by atoms with Gasteiger partial charge in [-0.25, -0.2) is 0 Å². The van der Waals surface area contributed by atoms with Crippen LogP contribution >= 0.6 is 0 Å². The molecule has 0 aliphatic carbocycles. The maximum absolute atomic E-state index is 11.5. The number of hydrogen-bond acceptors (Lipinski definition) is 7. The Bertz CT molecular complexity index is 647. The van der Waals surface area contributed by atoms with Gasteiger partial charge in [-0.15, -0.1) is 0 Å². The van der Waals surface area contributed by atoms with Gasteiger partial charge in [0.2, 0.25) is 0 Å². The molecular weight excluding hydrogens is 332 g/mol. The van der Waals surface area contributed by atoms with Gasteiger partial charge in [-0.1, -0.05) is 0 Å². The molecular formula is C17H27B2N3O4. The molecule has 0 aromatic heterocycles. The first-order chi connectivity index (χ1) is 12.2. The van der Waals surface area contributed by atoms with Gasteiger partial charge >= 0.3 is 0 Å². The van der Waals surface area contributed by atoms with Crippen molar-refractivity contribution in [2.75, 3.05) is 43.4 Å². The summed E-state index contributed by atoms with van der Waals surface area (Å²) in [5.41, 5.74) is -0.494. The van der Waals surface area contributed by atoms with Crippen LogP contribution in [-0.2, 0) is 4.74 Å². The molecule has 2 fully saturated rings. The van der Waals surface area contributed by atoms with Crippen LogP contribution in [-0.4, -0.2) is 87.7 Å². The van der Waals surface area contributed by atoms with Crippen molar-refractivity contribution in [1.82, 2.24) is 4.90 Å². The lowest BCUT2D eigenvalue weighted by molar-refractivity contribution is -0.283. The molecule has 3 rings (SSSR count). The Balaban J connectivity index is 1.80. The smallest absolute Gasteiger partial charge is 0.178 e. The average molecular weight is 359 g/mol. The number of anilines is 2. The van der Waals surface area contributed by atoms with Gasteiger partial charge in [0.05, 0.1) is 0 Å². The number of benzene rings is 1. The van der Waals surface area contributed by atoms with Crippen LogP contribution in [0.3, 0.4) is 0 Å². The molecule has 9 heteroatoms. The lowest BCUT2D eigenvalue weighted by atomic mass is 9.76. The zero-order valence-corrected chi connectivity index (χ0v) is 15.7. The lowest BCUT2D eigenvalue weighted by Gasteiger charge is -2.44. The minimum Gasteiger partial charge on any atom is -0.381 e. The third-order valence-corrected chi connectivity index (χ3v) is 5.08. The summed E-state index contributed by atoms with van der Waals surface area (Å²) in [6.45, 7) is 3.89. The van der Waals surface area contributed by atoms with E-state index in [1.807, 2.05) is 18.2 Å². The first-order valence-electron chi connectivity index (χ1n) is 9.12. The van der Waals surface area contributed by atoms with Gasteiger partial charge in [0.1, 0.15) is 11.4 Å². The lowest BCUT2D eigenvalue weighted by Crippen LogP contribution is -2.55. The Hall–Kier alpha value is -1.54. The summed E-state index contributed by atoms with van der Waals surface area (Å²) in [6, 6.07) is 5.55. The van der Waals surface area contributed by atoms with Crippen molar-refractivity contribution in [1.29, 1.82) is 0 Å². The van der Waals surface area contributed by atoms with Crippen molar-refractivity contribution < 1.29 is 19.7 Å². The number of likely N-dealkylation sites (N-methyl/N-ethyl adjacent to an activating group) is 1. The maximum atomic E-state index is 11.5. The molecule has 2 saturated heterocycles. The van der Waals surface area contributed by atoms with E-state index < -0.39 is 11.4 Å². The van der Waals surface area contributed by atoms with E-state index in [0.29, 0.717) is 18.4 Å². The van der Waals surface area contributed by atoms with Gasteiger partial charge in [-0.2, -0.15) is 0 Å². The molecule has 7 nitrogen and oxygen atoms in total. The number of piperazine rings is 1. The molecule has 0 amide bonds.